The Balaban J connectivity index is 2.82. The van der Waals surface area contributed by atoms with Gasteiger partial charge in [-0.25, -0.2) is 0 Å². The Morgan fingerprint density at radius 2 is 1.95 bits per heavy atom. The standard InChI is InChI=1S/C16H28N2O/c1-5-11-17-15(13-18(3)12-6-2)14-9-7-8-10-16(14)19-4/h7-10,15,17H,5-6,11-13H2,1-4H3. The monoisotopic (exact) mass is 264 g/mol. The molecule has 0 radical (unpaired) electrons. The minimum atomic E-state index is 0.327. The zero-order valence-corrected chi connectivity index (χ0v) is 12.8. The van der Waals surface area contributed by atoms with Crippen LogP contribution in [0.15, 0.2) is 24.3 Å². The predicted octanol–water partition coefficient (Wildman–Crippen LogP) is 3.08. The molecule has 0 aliphatic heterocycles. The molecule has 0 bridgehead atoms. The van der Waals surface area contributed by atoms with E-state index >= 15 is 0 Å². The molecule has 3 heteroatoms. The lowest BCUT2D eigenvalue weighted by Gasteiger charge is -2.26. The van der Waals surface area contributed by atoms with Gasteiger partial charge in [0, 0.05) is 18.2 Å². The molecule has 1 unspecified atom stereocenters. The molecule has 0 heterocycles. The number of ether oxygens (including phenoxy) is 1. The minimum absolute atomic E-state index is 0.327. The summed E-state index contributed by atoms with van der Waals surface area (Å²) in [6.07, 6.45) is 2.33. The largest absolute Gasteiger partial charge is 0.496 e. The Kier molecular flexibility index (Phi) is 7.53. The highest BCUT2D eigenvalue weighted by Gasteiger charge is 2.16. The molecule has 1 N–H and O–H groups in total. The van der Waals surface area contributed by atoms with Crippen molar-refractivity contribution < 1.29 is 4.74 Å². The lowest BCUT2D eigenvalue weighted by molar-refractivity contribution is 0.286. The van der Waals surface area contributed by atoms with Crippen LogP contribution >= 0.6 is 0 Å². The number of likely N-dealkylation sites (N-methyl/N-ethyl adjacent to an activating group) is 1. The van der Waals surface area contributed by atoms with Crippen LogP contribution in [-0.2, 0) is 0 Å². The van der Waals surface area contributed by atoms with Gasteiger partial charge in [-0.2, -0.15) is 0 Å². The molecular formula is C16H28N2O. The number of methoxy groups -OCH3 is 1. The Bertz CT molecular complexity index is 354. The average molecular weight is 264 g/mol. The average Bonchev–Trinajstić information content (AvgIpc) is 2.43. The van der Waals surface area contributed by atoms with E-state index in [-0.39, 0.29) is 0 Å². The molecule has 1 aromatic rings. The van der Waals surface area contributed by atoms with Crippen molar-refractivity contribution in [1.29, 1.82) is 0 Å². The van der Waals surface area contributed by atoms with Crippen LogP contribution in [0.1, 0.15) is 38.3 Å². The van der Waals surface area contributed by atoms with Crippen molar-refractivity contribution in [3.05, 3.63) is 29.8 Å². The van der Waals surface area contributed by atoms with Crippen molar-refractivity contribution in [1.82, 2.24) is 10.2 Å². The van der Waals surface area contributed by atoms with Gasteiger partial charge >= 0.3 is 0 Å². The highest BCUT2D eigenvalue weighted by Crippen LogP contribution is 2.25. The first-order valence-corrected chi connectivity index (χ1v) is 7.27. The number of hydrogen-bond donors (Lipinski definition) is 1. The van der Waals surface area contributed by atoms with Gasteiger partial charge in [0.15, 0.2) is 0 Å². The summed E-state index contributed by atoms with van der Waals surface area (Å²) in [6.45, 7) is 7.58. The molecule has 19 heavy (non-hydrogen) atoms. The number of rotatable bonds is 9. The van der Waals surface area contributed by atoms with Crippen molar-refractivity contribution in [2.45, 2.75) is 32.7 Å². The third-order valence-corrected chi connectivity index (χ3v) is 3.25. The van der Waals surface area contributed by atoms with Crippen molar-refractivity contribution >= 4 is 0 Å². The van der Waals surface area contributed by atoms with E-state index in [4.69, 9.17) is 4.74 Å². The van der Waals surface area contributed by atoms with E-state index in [1.165, 1.54) is 12.0 Å². The van der Waals surface area contributed by atoms with Crippen molar-refractivity contribution in [3.8, 4) is 5.75 Å². The second kappa shape index (κ2) is 8.94. The maximum Gasteiger partial charge on any atom is 0.123 e. The van der Waals surface area contributed by atoms with Gasteiger partial charge < -0.3 is 15.0 Å². The number of hydrogen-bond acceptors (Lipinski definition) is 3. The summed E-state index contributed by atoms with van der Waals surface area (Å²) in [5.41, 5.74) is 1.25. The molecule has 0 aliphatic rings. The third kappa shape index (κ3) is 5.21. The minimum Gasteiger partial charge on any atom is -0.496 e. The van der Waals surface area contributed by atoms with Gasteiger partial charge in [-0.15, -0.1) is 0 Å². The molecule has 0 saturated heterocycles. The van der Waals surface area contributed by atoms with Crippen LogP contribution in [0.25, 0.3) is 0 Å². The Labute approximate surface area is 118 Å². The Morgan fingerprint density at radius 3 is 2.58 bits per heavy atom. The zero-order chi connectivity index (χ0) is 14.1. The molecule has 0 aliphatic carbocycles. The number of para-hydroxylation sites is 1. The molecule has 108 valence electrons. The quantitative estimate of drug-likeness (QED) is 0.742. The highest BCUT2D eigenvalue weighted by molar-refractivity contribution is 5.36. The van der Waals surface area contributed by atoms with Gasteiger partial charge in [-0.3, -0.25) is 0 Å². The fourth-order valence-corrected chi connectivity index (χ4v) is 2.33. The second-order valence-electron chi connectivity index (χ2n) is 5.01. The van der Waals surface area contributed by atoms with Crippen LogP contribution in [-0.4, -0.2) is 38.7 Å². The summed E-state index contributed by atoms with van der Waals surface area (Å²) in [4.78, 5) is 2.37. The fraction of sp³-hybridized carbons (Fsp3) is 0.625. The van der Waals surface area contributed by atoms with Gasteiger partial charge in [-0.1, -0.05) is 32.0 Å². The first kappa shape index (κ1) is 16.0. The van der Waals surface area contributed by atoms with Crippen LogP contribution < -0.4 is 10.1 Å². The smallest absolute Gasteiger partial charge is 0.123 e. The van der Waals surface area contributed by atoms with Gasteiger partial charge in [0.25, 0.3) is 0 Å². The number of nitrogens with zero attached hydrogens (tertiary/aromatic N) is 1. The molecule has 1 rings (SSSR count). The summed E-state index contributed by atoms with van der Waals surface area (Å²) in [7, 11) is 3.92. The van der Waals surface area contributed by atoms with E-state index in [2.05, 4.69) is 43.2 Å². The van der Waals surface area contributed by atoms with Crippen LogP contribution in [0.3, 0.4) is 0 Å². The summed E-state index contributed by atoms with van der Waals surface area (Å²) in [6, 6.07) is 8.63. The van der Waals surface area contributed by atoms with E-state index in [1.54, 1.807) is 7.11 Å². The zero-order valence-electron chi connectivity index (χ0n) is 12.8. The normalized spacial score (nSPS) is 12.7. The van der Waals surface area contributed by atoms with Crippen LogP contribution in [0, 0.1) is 0 Å². The van der Waals surface area contributed by atoms with Gasteiger partial charge in [0.1, 0.15) is 5.75 Å². The number of benzene rings is 1. The van der Waals surface area contributed by atoms with Crippen molar-refractivity contribution in [2.24, 2.45) is 0 Å². The molecular weight excluding hydrogens is 236 g/mol. The van der Waals surface area contributed by atoms with E-state index in [9.17, 15) is 0 Å². The molecule has 1 aromatic carbocycles. The predicted molar refractivity (Wildman–Crippen MR) is 81.8 cm³/mol. The lowest BCUT2D eigenvalue weighted by Crippen LogP contribution is -2.34. The van der Waals surface area contributed by atoms with E-state index in [0.717, 1.165) is 31.8 Å². The lowest BCUT2D eigenvalue weighted by atomic mass is 10.0. The van der Waals surface area contributed by atoms with Crippen LogP contribution in [0.5, 0.6) is 5.75 Å². The molecule has 0 aromatic heterocycles. The van der Waals surface area contributed by atoms with Crippen LogP contribution in [0.2, 0.25) is 0 Å². The summed E-state index contributed by atoms with van der Waals surface area (Å²) >= 11 is 0. The van der Waals surface area contributed by atoms with Crippen molar-refractivity contribution in [2.75, 3.05) is 33.8 Å². The molecule has 1 atom stereocenters. The van der Waals surface area contributed by atoms with Gasteiger partial charge in [0.05, 0.1) is 7.11 Å². The maximum absolute atomic E-state index is 5.49. The third-order valence-electron chi connectivity index (χ3n) is 3.25. The Morgan fingerprint density at radius 1 is 1.21 bits per heavy atom. The molecule has 0 amide bonds. The second-order valence-corrected chi connectivity index (χ2v) is 5.01. The maximum atomic E-state index is 5.49. The van der Waals surface area contributed by atoms with E-state index in [1.807, 2.05) is 12.1 Å². The molecule has 0 fully saturated rings. The van der Waals surface area contributed by atoms with E-state index in [0.29, 0.717) is 6.04 Å². The first-order valence-electron chi connectivity index (χ1n) is 7.27. The van der Waals surface area contributed by atoms with Gasteiger partial charge in [0.2, 0.25) is 0 Å². The van der Waals surface area contributed by atoms with Crippen LogP contribution in [0.4, 0.5) is 0 Å². The van der Waals surface area contributed by atoms with Gasteiger partial charge in [-0.05, 0) is 39.0 Å². The summed E-state index contributed by atoms with van der Waals surface area (Å²) in [5.74, 6) is 0.973. The van der Waals surface area contributed by atoms with Crippen molar-refractivity contribution in [3.63, 3.8) is 0 Å². The molecule has 0 saturated carbocycles. The topological polar surface area (TPSA) is 24.5 Å². The highest BCUT2D eigenvalue weighted by atomic mass is 16.5. The fourth-order valence-electron chi connectivity index (χ4n) is 2.33. The first-order chi connectivity index (χ1) is 9.22. The SMILES string of the molecule is CCCNC(CN(C)CCC)c1ccccc1OC. The summed E-state index contributed by atoms with van der Waals surface area (Å²) in [5, 5.41) is 3.63. The molecule has 3 nitrogen and oxygen atoms in total. The number of nitrogens with one attached hydrogen (secondary N) is 1. The summed E-state index contributed by atoms with van der Waals surface area (Å²) < 4.78 is 5.49. The Hall–Kier alpha value is -1.06. The molecule has 0 spiro atoms. The van der Waals surface area contributed by atoms with E-state index < -0.39 is 0 Å².